The Labute approximate surface area is 124 Å². The Morgan fingerprint density at radius 3 is 3.00 bits per heavy atom. The molecule has 1 aliphatic carbocycles. The van der Waals surface area contributed by atoms with Crippen molar-refractivity contribution >= 4 is 27.4 Å². The number of nitrogens with zero attached hydrogens (tertiary/aromatic N) is 1. The molecule has 0 aliphatic heterocycles. The van der Waals surface area contributed by atoms with Crippen molar-refractivity contribution in [2.45, 2.75) is 13.3 Å². The number of carbonyl (C=O) groups excluding carboxylic acids is 1. The van der Waals surface area contributed by atoms with Gasteiger partial charge in [-0.3, -0.25) is 9.00 Å². The van der Waals surface area contributed by atoms with Gasteiger partial charge in [0.15, 0.2) is 5.82 Å². The van der Waals surface area contributed by atoms with Crippen LogP contribution in [0.4, 0.5) is 5.82 Å². The van der Waals surface area contributed by atoms with Crippen LogP contribution in [-0.4, -0.2) is 21.0 Å². The third-order valence-corrected chi connectivity index (χ3v) is 4.59. The maximum atomic E-state index is 12.4. The summed E-state index contributed by atoms with van der Waals surface area (Å²) in [5, 5.41) is 6.25. The molecule has 0 saturated heterocycles. The van der Waals surface area contributed by atoms with Crippen LogP contribution in [0.3, 0.4) is 0 Å². The van der Waals surface area contributed by atoms with Gasteiger partial charge >= 0.3 is 0 Å². The lowest BCUT2D eigenvalue weighted by molar-refractivity contribution is -0.113. The standard InChI is InChI=1S/C15H14N2O3S/c1-10-8-14(17-20-10)16-15(18)9-21(19)13-7-6-11-4-2-3-5-12(11)13/h2-5,7-8H,6,9H2,1H3,(H,16,17,18). The van der Waals surface area contributed by atoms with E-state index >= 15 is 0 Å². The van der Waals surface area contributed by atoms with Crippen molar-refractivity contribution in [1.82, 2.24) is 5.16 Å². The normalized spacial score (nSPS) is 14.4. The summed E-state index contributed by atoms with van der Waals surface area (Å²) in [6, 6.07) is 9.43. The summed E-state index contributed by atoms with van der Waals surface area (Å²) in [5.74, 6) is 0.521. The Balaban J connectivity index is 1.66. The molecule has 1 heterocycles. The molecule has 1 aromatic carbocycles. The molecule has 0 fully saturated rings. The maximum Gasteiger partial charge on any atom is 0.238 e. The number of hydrogen-bond acceptors (Lipinski definition) is 4. The Morgan fingerprint density at radius 1 is 1.43 bits per heavy atom. The summed E-state index contributed by atoms with van der Waals surface area (Å²) in [4.78, 5) is 12.6. The van der Waals surface area contributed by atoms with Crippen molar-refractivity contribution in [3.8, 4) is 0 Å². The molecule has 0 saturated carbocycles. The van der Waals surface area contributed by atoms with Gasteiger partial charge in [0.25, 0.3) is 0 Å². The molecular weight excluding hydrogens is 288 g/mol. The Morgan fingerprint density at radius 2 is 2.24 bits per heavy atom. The second-order valence-electron chi connectivity index (χ2n) is 4.79. The number of amides is 1. The third kappa shape index (κ3) is 2.95. The van der Waals surface area contributed by atoms with Gasteiger partial charge in [-0.05, 0) is 24.5 Å². The van der Waals surface area contributed by atoms with E-state index in [1.165, 1.54) is 0 Å². The summed E-state index contributed by atoms with van der Waals surface area (Å²) in [5.41, 5.74) is 2.12. The van der Waals surface area contributed by atoms with Crippen molar-refractivity contribution in [2.75, 3.05) is 11.1 Å². The van der Waals surface area contributed by atoms with E-state index in [2.05, 4.69) is 10.5 Å². The third-order valence-electron chi connectivity index (χ3n) is 3.19. The topological polar surface area (TPSA) is 72.2 Å². The van der Waals surface area contributed by atoms with Crippen molar-refractivity contribution in [3.63, 3.8) is 0 Å². The molecule has 1 aromatic heterocycles. The Bertz CT molecular complexity index is 749. The number of anilines is 1. The molecule has 3 rings (SSSR count). The molecule has 1 unspecified atom stereocenters. The average Bonchev–Trinajstić information content (AvgIpc) is 3.04. The maximum absolute atomic E-state index is 12.4. The number of aromatic nitrogens is 1. The number of fused-ring (bicyclic) bond motifs is 1. The summed E-state index contributed by atoms with van der Waals surface area (Å²) in [7, 11) is -1.36. The molecule has 21 heavy (non-hydrogen) atoms. The van der Waals surface area contributed by atoms with Crippen LogP contribution in [0, 0.1) is 6.92 Å². The second-order valence-corrected chi connectivity index (χ2v) is 6.21. The van der Waals surface area contributed by atoms with Crippen LogP contribution in [0.15, 0.2) is 40.9 Å². The lowest BCUT2D eigenvalue weighted by atomic mass is 10.1. The Hall–Kier alpha value is -2.21. The highest BCUT2D eigenvalue weighted by atomic mass is 32.2. The fourth-order valence-corrected chi connectivity index (χ4v) is 3.45. The van der Waals surface area contributed by atoms with E-state index < -0.39 is 10.8 Å². The first-order valence-electron chi connectivity index (χ1n) is 6.53. The summed E-state index contributed by atoms with van der Waals surface area (Å²) < 4.78 is 17.2. The highest BCUT2D eigenvalue weighted by Gasteiger charge is 2.21. The summed E-state index contributed by atoms with van der Waals surface area (Å²) >= 11 is 0. The van der Waals surface area contributed by atoms with E-state index in [0.717, 1.165) is 22.5 Å². The number of aryl methyl sites for hydroxylation is 1. The predicted molar refractivity (Wildman–Crippen MR) is 81.0 cm³/mol. The smallest absolute Gasteiger partial charge is 0.238 e. The van der Waals surface area contributed by atoms with Crippen LogP contribution in [0.5, 0.6) is 0 Å². The largest absolute Gasteiger partial charge is 0.360 e. The van der Waals surface area contributed by atoms with Gasteiger partial charge in [0.1, 0.15) is 11.5 Å². The van der Waals surface area contributed by atoms with Gasteiger partial charge in [-0.25, -0.2) is 0 Å². The van der Waals surface area contributed by atoms with Crippen LogP contribution in [-0.2, 0) is 22.0 Å². The number of hydrogen-bond donors (Lipinski definition) is 1. The molecular formula is C15H14N2O3S. The van der Waals surface area contributed by atoms with E-state index in [1.807, 2.05) is 30.3 Å². The lowest BCUT2D eigenvalue weighted by Crippen LogP contribution is -2.19. The van der Waals surface area contributed by atoms with Gasteiger partial charge < -0.3 is 9.84 Å². The Kier molecular flexibility index (Phi) is 3.70. The van der Waals surface area contributed by atoms with Crippen LogP contribution in [0.2, 0.25) is 0 Å². The second kappa shape index (κ2) is 5.65. The van der Waals surface area contributed by atoms with Gasteiger partial charge in [-0.1, -0.05) is 35.5 Å². The van der Waals surface area contributed by atoms with E-state index in [-0.39, 0.29) is 11.7 Å². The molecule has 108 valence electrons. The number of nitrogens with one attached hydrogen (secondary N) is 1. The number of benzene rings is 1. The van der Waals surface area contributed by atoms with Crippen LogP contribution < -0.4 is 5.32 Å². The van der Waals surface area contributed by atoms with Gasteiger partial charge in [-0.15, -0.1) is 0 Å². The summed E-state index contributed by atoms with van der Waals surface area (Å²) in [6.07, 6.45) is 2.69. The van der Waals surface area contributed by atoms with Gasteiger partial charge in [-0.2, -0.15) is 0 Å². The van der Waals surface area contributed by atoms with Crippen molar-refractivity contribution in [1.29, 1.82) is 0 Å². The zero-order chi connectivity index (χ0) is 14.8. The van der Waals surface area contributed by atoms with E-state index in [4.69, 9.17) is 4.52 Å². The predicted octanol–water partition coefficient (Wildman–Crippen LogP) is 2.27. The van der Waals surface area contributed by atoms with Gasteiger partial charge in [0.2, 0.25) is 5.91 Å². The zero-order valence-electron chi connectivity index (χ0n) is 11.5. The quantitative estimate of drug-likeness (QED) is 0.940. The van der Waals surface area contributed by atoms with E-state index in [0.29, 0.717) is 11.6 Å². The first-order chi connectivity index (χ1) is 10.1. The van der Waals surface area contributed by atoms with E-state index in [1.54, 1.807) is 13.0 Å². The van der Waals surface area contributed by atoms with Crippen molar-refractivity contribution < 1.29 is 13.5 Å². The first-order valence-corrected chi connectivity index (χ1v) is 7.85. The van der Waals surface area contributed by atoms with Crippen LogP contribution in [0.1, 0.15) is 16.9 Å². The number of allylic oxidation sites excluding steroid dienone is 1. The van der Waals surface area contributed by atoms with Gasteiger partial charge in [0.05, 0.1) is 10.8 Å². The molecule has 0 spiro atoms. The van der Waals surface area contributed by atoms with Crippen molar-refractivity contribution in [2.24, 2.45) is 0 Å². The SMILES string of the molecule is Cc1cc(NC(=O)CS(=O)C2=CCc3ccccc32)no1. The average molecular weight is 302 g/mol. The van der Waals surface area contributed by atoms with Gasteiger partial charge in [0, 0.05) is 11.0 Å². The molecule has 1 atom stereocenters. The minimum Gasteiger partial charge on any atom is -0.360 e. The molecule has 5 nitrogen and oxygen atoms in total. The number of rotatable bonds is 4. The van der Waals surface area contributed by atoms with E-state index in [9.17, 15) is 9.00 Å². The van der Waals surface area contributed by atoms with Crippen LogP contribution >= 0.6 is 0 Å². The van der Waals surface area contributed by atoms with Crippen LogP contribution in [0.25, 0.3) is 4.91 Å². The first kappa shape index (κ1) is 13.8. The fraction of sp³-hybridized carbons (Fsp3) is 0.200. The molecule has 6 heteroatoms. The molecule has 2 aromatic rings. The fourth-order valence-electron chi connectivity index (χ4n) is 2.27. The lowest BCUT2D eigenvalue weighted by Gasteiger charge is -2.05. The monoisotopic (exact) mass is 302 g/mol. The highest BCUT2D eigenvalue weighted by molar-refractivity contribution is 7.95. The molecule has 0 radical (unpaired) electrons. The number of carbonyl (C=O) groups is 1. The zero-order valence-corrected chi connectivity index (χ0v) is 12.3. The molecule has 1 aliphatic rings. The van der Waals surface area contributed by atoms with Crippen molar-refractivity contribution in [3.05, 3.63) is 53.3 Å². The highest BCUT2D eigenvalue weighted by Crippen LogP contribution is 2.29. The molecule has 1 N–H and O–H groups in total. The molecule has 0 bridgehead atoms. The molecule has 1 amide bonds. The minimum atomic E-state index is -1.36. The minimum absolute atomic E-state index is 0.0912. The summed E-state index contributed by atoms with van der Waals surface area (Å²) in [6.45, 7) is 1.74.